The van der Waals surface area contributed by atoms with Crippen LogP contribution in [0.15, 0.2) is 22.7 Å². The lowest BCUT2D eigenvalue weighted by Crippen LogP contribution is -2.58. The quantitative estimate of drug-likeness (QED) is 0.929. The van der Waals surface area contributed by atoms with Gasteiger partial charge in [-0.25, -0.2) is 0 Å². The molecule has 1 heterocycles. The standard InChI is InChI=1S/C12H14BrClN2O/c1-2-16(11-6-15-7-11)12(17)8-3-9(13)5-10(14)4-8/h3-5,11,15H,2,6-7H2,1H3. The van der Waals surface area contributed by atoms with Crippen molar-refractivity contribution >= 4 is 33.4 Å². The van der Waals surface area contributed by atoms with E-state index < -0.39 is 0 Å². The number of rotatable bonds is 3. The lowest BCUT2D eigenvalue weighted by Gasteiger charge is -2.37. The van der Waals surface area contributed by atoms with E-state index in [4.69, 9.17) is 11.6 Å². The highest BCUT2D eigenvalue weighted by Gasteiger charge is 2.28. The zero-order valence-electron chi connectivity index (χ0n) is 9.54. The highest BCUT2D eigenvalue weighted by atomic mass is 79.9. The Balaban J connectivity index is 2.22. The van der Waals surface area contributed by atoms with Gasteiger partial charge in [0.1, 0.15) is 0 Å². The normalized spacial score (nSPS) is 15.5. The van der Waals surface area contributed by atoms with Crippen LogP contribution >= 0.6 is 27.5 Å². The van der Waals surface area contributed by atoms with Crippen molar-refractivity contribution in [3.63, 3.8) is 0 Å². The molecule has 1 N–H and O–H groups in total. The van der Waals surface area contributed by atoms with Crippen LogP contribution in [-0.4, -0.2) is 36.5 Å². The van der Waals surface area contributed by atoms with Crippen LogP contribution in [0.1, 0.15) is 17.3 Å². The second kappa shape index (κ2) is 5.38. The van der Waals surface area contributed by atoms with Crippen LogP contribution < -0.4 is 5.32 Å². The summed E-state index contributed by atoms with van der Waals surface area (Å²) in [5.74, 6) is 0.0437. The number of nitrogens with zero attached hydrogens (tertiary/aromatic N) is 1. The predicted molar refractivity (Wildman–Crippen MR) is 72.5 cm³/mol. The molecule has 0 bridgehead atoms. The second-order valence-electron chi connectivity index (χ2n) is 4.06. The number of nitrogens with one attached hydrogen (secondary N) is 1. The third-order valence-corrected chi connectivity index (χ3v) is 3.59. The van der Waals surface area contributed by atoms with Crippen LogP contribution in [-0.2, 0) is 0 Å². The number of amides is 1. The van der Waals surface area contributed by atoms with Crippen LogP contribution in [0.5, 0.6) is 0 Å². The molecule has 0 spiro atoms. The van der Waals surface area contributed by atoms with E-state index in [1.165, 1.54) is 0 Å². The summed E-state index contributed by atoms with van der Waals surface area (Å²) in [7, 11) is 0. The molecule has 0 aliphatic carbocycles. The van der Waals surface area contributed by atoms with Crippen LogP contribution in [0.4, 0.5) is 0 Å². The molecule has 0 radical (unpaired) electrons. The van der Waals surface area contributed by atoms with E-state index in [-0.39, 0.29) is 5.91 Å². The Morgan fingerprint density at radius 2 is 2.24 bits per heavy atom. The monoisotopic (exact) mass is 316 g/mol. The lowest BCUT2D eigenvalue weighted by molar-refractivity contribution is 0.0630. The van der Waals surface area contributed by atoms with Gasteiger partial charge in [0.2, 0.25) is 0 Å². The van der Waals surface area contributed by atoms with Crippen LogP contribution in [0.3, 0.4) is 0 Å². The molecule has 2 rings (SSSR count). The fourth-order valence-corrected chi connectivity index (χ4v) is 2.76. The first-order chi connectivity index (χ1) is 8.11. The fraction of sp³-hybridized carbons (Fsp3) is 0.417. The molecule has 0 unspecified atom stereocenters. The van der Waals surface area contributed by atoms with E-state index in [0.717, 1.165) is 24.1 Å². The van der Waals surface area contributed by atoms with Crippen molar-refractivity contribution < 1.29 is 4.79 Å². The van der Waals surface area contributed by atoms with Gasteiger partial charge < -0.3 is 10.2 Å². The Bertz CT molecular complexity index is 414. The summed E-state index contributed by atoms with van der Waals surface area (Å²) in [5.41, 5.74) is 0.637. The van der Waals surface area contributed by atoms with Crippen molar-refractivity contribution in [2.75, 3.05) is 19.6 Å². The zero-order valence-corrected chi connectivity index (χ0v) is 11.9. The molecule has 1 aliphatic rings. The highest BCUT2D eigenvalue weighted by molar-refractivity contribution is 9.10. The van der Waals surface area contributed by atoms with Crippen molar-refractivity contribution in [1.29, 1.82) is 0 Å². The van der Waals surface area contributed by atoms with Gasteiger partial charge in [-0.05, 0) is 25.1 Å². The average Bonchev–Trinajstić information content (AvgIpc) is 2.20. The number of likely N-dealkylation sites (N-methyl/N-ethyl adjacent to an activating group) is 1. The van der Waals surface area contributed by atoms with E-state index in [2.05, 4.69) is 21.2 Å². The Kier molecular flexibility index (Phi) is 4.07. The van der Waals surface area contributed by atoms with Crippen LogP contribution in [0, 0.1) is 0 Å². The van der Waals surface area contributed by atoms with Gasteiger partial charge >= 0.3 is 0 Å². The van der Waals surface area contributed by atoms with E-state index >= 15 is 0 Å². The van der Waals surface area contributed by atoms with Gasteiger partial charge in [0.25, 0.3) is 5.91 Å². The molecule has 1 aromatic rings. The minimum absolute atomic E-state index is 0.0437. The molecular formula is C12H14BrClN2O. The topological polar surface area (TPSA) is 32.3 Å². The summed E-state index contributed by atoms with van der Waals surface area (Å²) in [6.07, 6.45) is 0. The summed E-state index contributed by atoms with van der Waals surface area (Å²) in [4.78, 5) is 14.2. The molecule has 0 aromatic heterocycles. The predicted octanol–water partition coefficient (Wildman–Crippen LogP) is 2.54. The van der Waals surface area contributed by atoms with Crippen molar-refractivity contribution in [3.05, 3.63) is 33.3 Å². The Hall–Kier alpha value is -0.580. The summed E-state index contributed by atoms with van der Waals surface area (Å²) < 4.78 is 0.830. The maximum atomic E-state index is 12.3. The van der Waals surface area contributed by atoms with Crippen LogP contribution in [0.2, 0.25) is 5.02 Å². The molecule has 5 heteroatoms. The average molecular weight is 318 g/mol. The minimum atomic E-state index is 0.0437. The van der Waals surface area contributed by atoms with Crippen molar-refractivity contribution in [3.8, 4) is 0 Å². The number of carbonyl (C=O) groups excluding carboxylic acids is 1. The van der Waals surface area contributed by atoms with Crippen molar-refractivity contribution in [1.82, 2.24) is 10.2 Å². The van der Waals surface area contributed by atoms with Crippen molar-refractivity contribution in [2.24, 2.45) is 0 Å². The smallest absolute Gasteiger partial charge is 0.254 e. The van der Waals surface area contributed by atoms with Crippen molar-refractivity contribution in [2.45, 2.75) is 13.0 Å². The minimum Gasteiger partial charge on any atom is -0.333 e. The van der Waals surface area contributed by atoms with Gasteiger partial charge in [-0.3, -0.25) is 4.79 Å². The maximum absolute atomic E-state index is 12.3. The van der Waals surface area contributed by atoms with E-state index in [1.54, 1.807) is 12.1 Å². The second-order valence-corrected chi connectivity index (χ2v) is 5.41. The molecule has 1 aromatic carbocycles. The van der Waals surface area contributed by atoms with E-state index in [1.807, 2.05) is 17.9 Å². The molecule has 1 fully saturated rings. The third-order valence-electron chi connectivity index (χ3n) is 2.91. The number of benzene rings is 1. The Morgan fingerprint density at radius 3 is 2.71 bits per heavy atom. The molecule has 0 saturated carbocycles. The number of hydrogen-bond donors (Lipinski definition) is 1. The number of halogens is 2. The molecule has 1 amide bonds. The molecular weight excluding hydrogens is 304 g/mol. The number of carbonyl (C=O) groups is 1. The fourth-order valence-electron chi connectivity index (χ4n) is 1.90. The Labute approximate surface area is 114 Å². The molecule has 3 nitrogen and oxygen atoms in total. The number of hydrogen-bond acceptors (Lipinski definition) is 2. The van der Waals surface area contributed by atoms with Crippen LogP contribution in [0.25, 0.3) is 0 Å². The first kappa shape index (κ1) is 12.9. The molecule has 92 valence electrons. The lowest BCUT2D eigenvalue weighted by atomic mass is 10.1. The van der Waals surface area contributed by atoms with Gasteiger partial charge in [-0.15, -0.1) is 0 Å². The SMILES string of the molecule is CCN(C(=O)c1cc(Cl)cc(Br)c1)C1CNC1. The molecule has 1 saturated heterocycles. The third kappa shape index (κ3) is 2.81. The first-order valence-electron chi connectivity index (χ1n) is 5.59. The largest absolute Gasteiger partial charge is 0.333 e. The Morgan fingerprint density at radius 1 is 1.53 bits per heavy atom. The summed E-state index contributed by atoms with van der Waals surface area (Å²) in [6.45, 7) is 4.47. The van der Waals surface area contributed by atoms with Gasteiger partial charge in [0, 0.05) is 34.7 Å². The van der Waals surface area contributed by atoms with Gasteiger partial charge in [-0.2, -0.15) is 0 Å². The van der Waals surface area contributed by atoms with E-state index in [0.29, 0.717) is 16.6 Å². The maximum Gasteiger partial charge on any atom is 0.254 e. The molecule has 1 aliphatic heterocycles. The molecule has 0 atom stereocenters. The first-order valence-corrected chi connectivity index (χ1v) is 6.76. The van der Waals surface area contributed by atoms with E-state index in [9.17, 15) is 4.79 Å². The summed E-state index contributed by atoms with van der Waals surface area (Å²) in [6, 6.07) is 5.61. The van der Waals surface area contributed by atoms with Gasteiger partial charge in [0.15, 0.2) is 0 Å². The highest BCUT2D eigenvalue weighted by Crippen LogP contribution is 2.21. The summed E-state index contributed by atoms with van der Waals surface area (Å²) in [5, 5.41) is 3.75. The van der Waals surface area contributed by atoms with Gasteiger partial charge in [-0.1, -0.05) is 27.5 Å². The van der Waals surface area contributed by atoms with Gasteiger partial charge in [0.05, 0.1) is 6.04 Å². The summed E-state index contributed by atoms with van der Waals surface area (Å²) >= 11 is 9.31. The molecule has 17 heavy (non-hydrogen) atoms. The zero-order chi connectivity index (χ0) is 12.4.